The highest BCUT2D eigenvalue weighted by atomic mass is 35.5. The van der Waals surface area contributed by atoms with Gasteiger partial charge in [-0.2, -0.15) is 13.2 Å². The van der Waals surface area contributed by atoms with Crippen molar-refractivity contribution < 1.29 is 22.8 Å². The van der Waals surface area contributed by atoms with Gasteiger partial charge in [0.25, 0.3) is 0 Å². The minimum Gasteiger partial charge on any atom is -0.358 e. The van der Waals surface area contributed by atoms with Gasteiger partial charge in [0.15, 0.2) is 0 Å². The van der Waals surface area contributed by atoms with Crippen LogP contribution in [-0.4, -0.2) is 25.4 Å². The van der Waals surface area contributed by atoms with Crippen molar-refractivity contribution in [3.63, 3.8) is 0 Å². The second-order valence-electron chi connectivity index (χ2n) is 5.58. The van der Waals surface area contributed by atoms with Crippen LogP contribution in [0.15, 0.2) is 48.5 Å². The molecule has 0 aliphatic rings. The van der Waals surface area contributed by atoms with Gasteiger partial charge in [-0.05, 0) is 23.8 Å². The number of benzene rings is 2. The summed E-state index contributed by atoms with van der Waals surface area (Å²) in [5, 5.41) is 7.56. The van der Waals surface area contributed by atoms with Gasteiger partial charge in [0.05, 0.1) is 22.8 Å². The molecule has 0 aliphatic carbocycles. The van der Waals surface area contributed by atoms with Gasteiger partial charge in [-0.25, -0.2) is 0 Å². The van der Waals surface area contributed by atoms with E-state index in [1.165, 1.54) is 7.05 Å². The third-order valence-electron chi connectivity index (χ3n) is 3.69. The number of hydrogen-bond acceptors (Lipinski definition) is 3. The van der Waals surface area contributed by atoms with Gasteiger partial charge < -0.3 is 10.6 Å². The van der Waals surface area contributed by atoms with Crippen LogP contribution in [0.4, 0.5) is 18.9 Å². The van der Waals surface area contributed by atoms with Crippen LogP contribution >= 0.6 is 11.6 Å². The van der Waals surface area contributed by atoms with Gasteiger partial charge in [-0.3, -0.25) is 14.9 Å². The highest BCUT2D eigenvalue weighted by molar-refractivity contribution is 6.33. The van der Waals surface area contributed by atoms with Gasteiger partial charge in [0.2, 0.25) is 11.8 Å². The number of carbonyl (C=O) groups excluding carboxylic acids is 2. The Hall–Kier alpha value is -2.58. The normalized spacial score (nSPS) is 12.3. The molecule has 9 heteroatoms. The van der Waals surface area contributed by atoms with Crippen molar-refractivity contribution in [2.45, 2.75) is 12.2 Å². The minimum atomic E-state index is -4.57. The maximum absolute atomic E-state index is 12.9. The number of alkyl halides is 3. The Bertz CT molecular complexity index is 813. The van der Waals surface area contributed by atoms with Crippen molar-refractivity contribution in [2.75, 3.05) is 18.9 Å². The fourth-order valence-corrected chi connectivity index (χ4v) is 2.46. The molecule has 1 atom stereocenters. The molecule has 0 saturated carbocycles. The predicted molar refractivity (Wildman–Crippen MR) is 96.3 cm³/mol. The molecule has 0 bridgehead atoms. The van der Waals surface area contributed by atoms with Crippen LogP contribution in [0.2, 0.25) is 5.02 Å². The summed E-state index contributed by atoms with van der Waals surface area (Å²) in [6.07, 6.45) is -4.57. The first-order valence-electron chi connectivity index (χ1n) is 7.89. The van der Waals surface area contributed by atoms with E-state index in [1.807, 2.05) is 0 Å². The standard InChI is InChI=1S/C18H17ClF3N3O2/c1-23-15(26)10-24-16(11-5-3-2-4-6-11)17(27)25-14-9-12(18(20,21)22)7-8-13(14)19/h2-9,16,24H,10H2,1H3,(H,23,26)(H,25,27)/t16-/m0/s1. The SMILES string of the molecule is CNC(=O)CN[C@H](C(=O)Nc1cc(C(F)(F)F)ccc1Cl)c1ccccc1. The molecule has 144 valence electrons. The van der Waals surface area contributed by atoms with E-state index in [1.54, 1.807) is 30.3 Å². The molecule has 2 rings (SSSR count). The molecule has 27 heavy (non-hydrogen) atoms. The number of hydrogen-bond donors (Lipinski definition) is 3. The first kappa shape index (κ1) is 20.7. The minimum absolute atomic E-state index is 0.0329. The highest BCUT2D eigenvalue weighted by Crippen LogP contribution is 2.34. The largest absolute Gasteiger partial charge is 0.416 e. The van der Waals surface area contributed by atoms with Gasteiger partial charge in [0.1, 0.15) is 6.04 Å². The summed E-state index contributed by atoms with van der Waals surface area (Å²) in [6, 6.07) is 10.2. The van der Waals surface area contributed by atoms with Crippen molar-refractivity contribution in [3.8, 4) is 0 Å². The smallest absolute Gasteiger partial charge is 0.358 e. The van der Waals surface area contributed by atoms with Crippen LogP contribution in [0.3, 0.4) is 0 Å². The summed E-state index contributed by atoms with van der Waals surface area (Å²) < 4.78 is 38.7. The van der Waals surface area contributed by atoms with E-state index in [9.17, 15) is 22.8 Å². The van der Waals surface area contributed by atoms with Crippen LogP contribution in [0.25, 0.3) is 0 Å². The van der Waals surface area contributed by atoms with E-state index in [0.29, 0.717) is 5.56 Å². The second kappa shape index (κ2) is 8.88. The molecule has 0 heterocycles. The summed E-state index contributed by atoms with van der Waals surface area (Å²) in [5.74, 6) is -0.993. The first-order chi connectivity index (χ1) is 12.7. The lowest BCUT2D eigenvalue weighted by Crippen LogP contribution is -2.39. The molecule has 0 aliphatic heterocycles. The van der Waals surface area contributed by atoms with Crippen LogP contribution in [0, 0.1) is 0 Å². The van der Waals surface area contributed by atoms with Gasteiger partial charge in [0, 0.05) is 7.05 Å². The fourth-order valence-electron chi connectivity index (χ4n) is 2.29. The molecule has 2 amide bonds. The number of anilines is 1. The molecular weight excluding hydrogens is 383 g/mol. The first-order valence-corrected chi connectivity index (χ1v) is 8.26. The van der Waals surface area contributed by atoms with E-state index in [2.05, 4.69) is 16.0 Å². The zero-order valence-corrected chi connectivity index (χ0v) is 15.0. The molecule has 2 aromatic carbocycles. The summed E-state index contributed by atoms with van der Waals surface area (Å²) in [5.41, 5.74) is -0.557. The summed E-state index contributed by atoms with van der Waals surface area (Å²) >= 11 is 5.92. The Morgan fingerprint density at radius 2 is 1.78 bits per heavy atom. The Balaban J connectivity index is 2.26. The summed E-state index contributed by atoms with van der Waals surface area (Å²) in [7, 11) is 1.45. The average Bonchev–Trinajstić information content (AvgIpc) is 2.63. The monoisotopic (exact) mass is 399 g/mol. The lowest BCUT2D eigenvalue weighted by Gasteiger charge is -2.19. The molecule has 2 aromatic rings. The molecule has 3 N–H and O–H groups in total. The topological polar surface area (TPSA) is 70.2 Å². The Morgan fingerprint density at radius 3 is 2.37 bits per heavy atom. The van der Waals surface area contributed by atoms with Crippen molar-refractivity contribution >= 4 is 29.1 Å². The maximum Gasteiger partial charge on any atom is 0.416 e. The quantitative estimate of drug-likeness (QED) is 0.697. The Labute approximate surface area is 158 Å². The number of amides is 2. The third-order valence-corrected chi connectivity index (χ3v) is 4.02. The molecule has 0 fully saturated rings. The van der Waals surface area contributed by atoms with Gasteiger partial charge >= 0.3 is 6.18 Å². The molecule has 0 saturated heterocycles. The number of halogens is 4. The maximum atomic E-state index is 12.9. The third kappa shape index (κ3) is 5.70. The van der Waals surface area contributed by atoms with Crippen molar-refractivity contribution in [2.24, 2.45) is 0 Å². The Morgan fingerprint density at radius 1 is 1.11 bits per heavy atom. The van der Waals surface area contributed by atoms with E-state index in [4.69, 9.17) is 11.6 Å². The van der Waals surface area contributed by atoms with Gasteiger partial charge in [-0.1, -0.05) is 41.9 Å². The molecule has 0 radical (unpaired) electrons. The molecular formula is C18H17ClF3N3O2. The van der Waals surface area contributed by atoms with Crippen LogP contribution in [0.1, 0.15) is 17.2 Å². The number of likely N-dealkylation sites (N-methyl/N-ethyl adjacent to an activating group) is 1. The van der Waals surface area contributed by atoms with E-state index >= 15 is 0 Å². The predicted octanol–water partition coefficient (Wildman–Crippen LogP) is 3.37. The lowest BCUT2D eigenvalue weighted by molar-refractivity contribution is -0.137. The van der Waals surface area contributed by atoms with Crippen molar-refractivity contribution in [1.82, 2.24) is 10.6 Å². The molecule has 0 unspecified atom stereocenters. The number of rotatable bonds is 6. The number of nitrogens with one attached hydrogen (secondary N) is 3. The number of carbonyl (C=O) groups is 2. The molecule has 5 nitrogen and oxygen atoms in total. The van der Waals surface area contributed by atoms with E-state index in [0.717, 1.165) is 18.2 Å². The molecule has 0 spiro atoms. The van der Waals surface area contributed by atoms with Crippen LogP contribution in [0.5, 0.6) is 0 Å². The highest BCUT2D eigenvalue weighted by Gasteiger charge is 2.31. The van der Waals surface area contributed by atoms with Crippen molar-refractivity contribution in [1.29, 1.82) is 0 Å². The second-order valence-corrected chi connectivity index (χ2v) is 5.99. The molecule has 0 aromatic heterocycles. The zero-order valence-electron chi connectivity index (χ0n) is 14.2. The van der Waals surface area contributed by atoms with Crippen LogP contribution < -0.4 is 16.0 Å². The average molecular weight is 400 g/mol. The van der Waals surface area contributed by atoms with E-state index < -0.39 is 23.7 Å². The van der Waals surface area contributed by atoms with Gasteiger partial charge in [-0.15, -0.1) is 0 Å². The van der Waals surface area contributed by atoms with Crippen LogP contribution in [-0.2, 0) is 15.8 Å². The zero-order chi connectivity index (χ0) is 20.0. The fraction of sp³-hybridized carbons (Fsp3) is 0.222. The van der Waals surface area contributed by atoms with E-state index in [-0.39, 0.29) is 23.2 Å². The Kier molecular flexibility index (Phi) is 6.81. The lowest BCUT2D eigenvalue weighted by atomic mass is 10.1. The van der Waals surface area contributed by atoms with Crippen molar-refractivity contribution in [3.05, 3.63) is 64.7 Å². The summed E-state index contributed by atoms with van der Waals surface area (Å²) in [4.78, 5) is 24.2. The summed E-state index contributed by atoms with van der Waals surface area (Å²) in [6.45, 7) is -0.153.